The molecule has 0 spiro atoms. The van der Waals surface area contributed by atoms with Crippen LogP contribution >= 0.6 is 11.6 Å². The molecule has 5 nitrogen and oxygen atoms in total. The van der Waals surface area contributed by atoms with Crippen molar-refractivity contribution in [2.45, 2.75) is 0 Å². The molecule has 0 saturated heterocycles. The molecule has 88 valence electrons. The van der Waals surface area contributed by atoms with Gasteiger partial charge >= 0.3 is 5.97 Å². The van der Waals surface area contributed by atoms with Gasteiger partial charge in [-0.2, -0.15) is 5.10 Å². The van der Waals surface area contributed by atoms with Crippen molar-refractivity contribution >= 4 is 23.3 Å². The highest BCUT2D eigenvalue weighted by atomic mass is 35.5. The molecular weight excluding hydrogens is 242 g/mol. The fourth-order valence-electron chi connectivity index (χ4n) is 1.44. The van der Waals surface area contributed by atoms with Gasteiger partial charge in [0.2, 0.25) is 0 Å². The van der Waals surface area contributed by atoms with Crippen LogP contribution < -0.4 is 5.73 Å². The van der Waals surface area contributed by atoms with E-state index in [1.54, 1.807) is 24.3 Å². The van der Waals surface area contributed by atoms with E-state index in [1.165, 1.54) is 7.11 Å². The predicted molar refractivity (Wildman–Crippen MR) is 64.8 cm³/mol. The van der Waals surface area contributed by atoms with Gasteiger partial charge in [0.05, 0.1) is 12.8 Å². The summed E-state index contributed by atoms with van der Waals surface area (Å²) < 4.78 is 4.57. The highest BCUT2D eigenvalue weighted by Crippen LogP contribution is 2.27. The number of aromatic amines is 1. The first kappa shape index (κ1) is 11.5. The number of ether oxygens (including phenoxy) is 1. The van der Waals surface area contributed by atoms with Crippen molar-refractivity contribution in [3.63, 3.8) is 0 Å². The van der Waals surface area contributed by atoms with Crippen LogP contribution in [-0.4, -0.2) is 23.3 Å². The van der Waals surface area contributed by atoms with Crippen molar-refractivity contribution in [1.29, 1.82) is 0 Å². The molecule has 2 aromatic rings. The Kier molecular flexibility index (Phi) is 3.01. The minimum absolute atomic E-state index is 0.150. The van der Waals surface area contributed by atoms with E-state index in [-0.39, 0.29) is 11.4 Å². The molecule has 0 aliphatic heterocycles. The fourth-order valence-corrected chi connectivity index (χ4v) is 1.56. The molecule has 0 unspecified atom stereocenters. The standard InChI is InChI=1S/C11H10ClN3O2/c1-17-11(16)10-8(13)9(14-15-10)6-2-4-7(12)5-3-6/h2-5H,13H2,1H3,(H,14,15). The molecule has 3 N–H and O–H groups in total. The first-order valence-electron chi connectivity index (χ1n) is 4.81. The molecule has 0 aliphatic rings. The third-order valence-electron chi connectivity index (χ3n) is 2.31. The smallest absolute Gasteiger partial charge is 0.358 e. The van der Waals surface area contributed by atoms with E-state index in [0.29, 0.717) is 10.7 Å². The lowest BCUT2D eigenvalue weighted by Gasteiger charge is -1.99. The Labute approximate surface area is 103 Å². The van der Waals surface area contributed by atoms with Crippen LogP contribution in [-0.2, 0) is 4.74 Å². The van der Waals surface area contributed by atoms with E-state index in [9.17, 15) is 4.79 Å². The first-order valence-corrected chi connectivity index (χ1v) is 5.19. The minimum atomic E-state index is -0.546. The molecule has 0 aliphatic carbocycles. The molecule has 0 fully saturated rings. The molecule has 1 heterocycles. The Morgan fingerprint density at radius 3 is 2.65 bits per heavy atom. The number of nitrogens with one attached hydrogen (secondary N) is 1. The summed E-state index contributed by atoms with van der Waals surface area (Å²) in [6.07, 6.45) is 0. The monoisotopic (exact) mass is 251 g/mol. The van der Waals surface area contributed by atoms with E-state index in [2.05, 4.69) is 14.9 Å². The zero-order valence-corrected chi connectivity index (χ0v) is 9.78. The van der Waals surface area contributed by atoms with Gasteiger partial charge in [-0.25, -0.2) is 4.79 Å². The van der Waals surface area contributed by atoms with Crippen molar-refractivity contribution in [3.05, 3.63) is 35.0 Å². The molecule has 0 saturated carbocycles. The van der Waals surface area contributed by atoms with Gasteiger partial charge in [0.1, 0.15) is 5.69 Å². The topological polar surface area (TPSA) is 81.0 Å². The summed E-state index contributed by atoms with van der Waals surface area (Å²) in [6, 6.07) is 7.00. The molecule has 1 aromatic carbocycles. The molecular formula is C11H10ClN3O2. The van der Waals surface area contributed by atoms with Crippen molar-refractivity contribution < 1.29 is 9.53 Å². The fraction of sp³-hybridized carbons (Fsp3) is 0.0909. The molecule has 1 aromatic heterocycles. The number of hydrogen-bond acceptors (Lipinski definition) is 4. The molecule has 2 rings (SSSR count). The van der Waals surface area contributed by atoms with E-state index in [0.717, 1.165) is 5.56 Å². The lowest BCUT2D eigenvalue weighted by molar-refractivity contribution is 0.0595. The van der Waals surface area contributed by atoms with Crippen LogP contribution in [0.1, 0.15) is 10.5 Å². The average Bonchev–Trinajstić information content (AvgIpc) is 2.71. The Morgan fingerprint density at radius 1 is 1.41 bits per heavy atom. The summed E-state index contributed by atoms with van der Waals surface area (Å²) >= 11 is 5.78. The van der Waals surface area contributed by atoms with E-state index in [1.807, 2.05) is 0 Å². The molecule has 17 heavy (non-hydrogen) atoms. The third kappa shape index (κ3) is 2.09. The number of carbonyl (C=O) groups excluding carboxylic acids is 1. The normalized spacial score (nSPS) is 10.2. The SMILES string of the molecule is COC(=O)c1[nH]nc(-c2ccc(Cl)cc2)c1N. The predicted octanol–water partition coefficient (Wildman–Crippen LogP) is 2.10. The Bertz CT molecular complexity index is 548. The quantitative estimate of drug-likeness (QED) is 0.801. The number of methoxy groups -OCH3 is 1. The van der Waals surface area contributed by atoms with E-state index in [4.69, 9.17) is 17.3 Å². The van der Waals surface area contributed by atoms with E-state index < -0.39 is 5.97 Å². The second-order valence-electron chi connectivity index (χ2n) is 3.36. The van der Waals surface area contributed by atoms with E-state index >= 15 is 0 Å². The molecule has 0 atom stereocenters. The highest BCUT2D eigenvalue weighted by Gasteiger charge is 2.17. The zero-order valence-electron chi connectivity index (χ0n) is 9.03. The third-order valence-corrected chi connectivity index (χ3v) is 2.56. The second-order valence-corrected chi connectivity index (χ2v) is 3.80. The van der Waals surface area contributed by atoms with Gasteiger partial charge in [0.15, 0.2) is 5.69 Å². The Hall–Kier alpha value is -2.01. The number of halogens is 1. The number of H-pyrrole nitrogens is 1. The number of nitrogens with two attached hydrogens (primary N) is 1. The molecule has 0 amide bonds. The minimum Gasteiger partial charge on any atom is -0.464 e. The number of aromatic nitrogens is 2. The van der Waals surface area contributed by atoms with Gasteiger partial charge in [-0.3, -0.25) is 5.10 Å². The van der Waals surface area contributed by atoms with Crippen molar-refractivity contribution in [1.82, 2.24) is 10.2 Å². The van der Waals surface area contributed by atoms with Crippen LogP contribution in [0.3, 0.4) is 0 Å². The lowest BCUT2D eigenvalue weighted by Crippen LogP contribution is -2.04. The van der Waals surface area contributed by atoms with Crippen LogP contribution in [0.5, 0.6) is 0 Å². The summed E-state index contributed by atoms with van der Waals surface area (Å²) in [4.78, 5) is 11.3. The summed E-state index contributed by atoms with van der Waals surface area (Å²) in [5.41, 5.74) is 7.51. The van der Waals surface area contributed by atoms with Gasteiger partial charge < -0.3 is 10.5 Å². The first-order chi connectivity index (χ1) is 8.13. The van der Waals surface area contributed by atoms with Gasteiger partial charge in [-0.05, 0) is 12.1 Å². The summed E-state index contributed by atoms with van der Waals surface area (Å²) in [5.74, 6) is -0.546. The number of hydrogen-bond donors (Lipinski definition) is 2. The number of carbonyl (C=O) groups is 1. The number of rotatable bonds is 2. The maximum absolute atomic E-state index is 11.3. The average molecular weight is 252 g/mol. The van der Waals surface area contributed by atoms with Crippen LogP contribution in [0.4, 0.5) is 5.69 Å². The number of nitrogens with zero attached hydrogens (tertiary/aromatic N) is 1. The van der Waals surface area contributed by atoms with Gasteiger partial charge in [0.25, 0.3) is 0 Å². The summed E-state index contributed by atoms with van der Waals surface area (Å²) in [7, 11) is 1.28. The maximum atomic E-state index is 11.3. The van der Waals surface area contributed by atoms with Crippen LogP contribution in [0.25, 0.3) is 11.3 Å². The zero-order chi connectivity index (χ0) is 12.4. The largest absolute Gasteiger partial charge is 0.464 e. The van der Waals surface area contributed by atoms with Gasteiger partial charge in [-0.15, -0.1) is 0 Å². The van der Waals surface area contributed by atoms with Crippen LogP contribution in [0.15, 0.2) is 24.3 Å². The second kappa shape index (κ2) is 4.47. The van der Waals surface area contributed by atoms with Crippen molar-refractivity contribution in [3.8, 4) is 11.3 Å². The lowest BCUT2D eigenvalue weighted by atomic mass is 10.1. The van der Waals surface area contributed by atoms with Crippen LogP contribution in [0, 0.1) is 0 Å². The number of benzene rings is 1. The Balaban J connectivity index is 2.44. The summed E-state index contributed by atoms with van der Waals surface area (Å²) in [5, 5.41) is 7.17. The number of anilines is 1. The number of esters is 1. The molecule has 6 heteroatoms. The van der Waals surface area contributed by atoms with Gasteiger partial charge in [0, 0.05) is 10.6 Å². The summed E-state index contributed by atoms with van der Waals surface area (Å²) in [6.45, 7) is 0. The van der Waals surface area contributed by atoms with Gasteiger partial charge in [-0.1, -0.05) is 23.7 Å². The Morgan fingerprint density at radius 2 is 2.06 bits per heavy atom. The highest BCUT2D eigenvalue weighted by molar-refractivity contribution is 6.30. The molecule has 0 radical (unpaired) electrons. The molecule has 0 bridgehead atoms. The number of nitrogen functional groups attached to an aromatic ring is 1. The van der Waals surface area contributed by atoms with Crippen molar-refractivity contribution in [2.24, 2.45) is 0 Å². The maximum Gasteiger partial charge on any atom is 0.358 e. The van der Waals surface area contributed by atoms with Crippen LogP contribution in [0.2, 0.25) is 5.02 Å². The van der Waals surface area contributed by atoms with Crippen molar-refractivity contribution in [2.75, 3.05) is 12.8 Å².